The summed E-state index contributed by atoms with van der Waals surface area (Å²) in [6.45, 7) is 8.01. The largest absolute Gasteiger partial charge is 0.368 e. The molecule has 1 saturated heterocycles. The second-order valence-electron chi connectivity index (χ2n) is 5.73. The van der Waals surface area contributed by atoms with Crippen LogP contribution in [-0.2, 0) is 0 Å². The maximum atomic E-state index is 12.0. The number of urea groups is 1. The average molecular weight is 301 g/mol. The van der Waals surface area contributed by atoms with Crippen LogP contribution in [0.1, 0.15) is 19.2 Å². The van der Waals surface area contributed by atoms with Gasteiger partial charge in [0, 0.05) is 38.4 Å². The monoisotopic (exact) mass is 301 g/mol. The van der Waals surface area contributed by atoms with E-state index in [1.807, 2.05) is 11.8 Å². The van der Waals surface area contributed by atoms with E-state index >= 15 is 0 Å². The van der Waals surface area contributed by atoms with Crippen molar-refractivity contribution in [1.29, 1.82) is 0 Å². The molecule has 22 heavy (non-hydrogen) atoms. The summed E-state index contributed by atoms with van der Waals surface area (Å²) in [5.74, 6) is 0.935. The number of carbonyl (C=O) groups excluding carboxylic acids is 1. The van der Waals surface area contributed by atoms with Gasteiger partial charge in [-0.1, -0.05) is 6.92 Å². The van der Waals surface area contributed by atoms with Gasteiger partial charge in [0.2, 0.25) is 0 Å². The van der Waals surface area contributed by atoms with Crippen LogP contribution in [0.15, 0.2) is 18.2 Å². The number of hydrogen-bond donors (Lipinski definition) is 2. The Bertz CT molecular complexity index is 658. The summed E-state index contributed by atoms with van der Waals surface area (Å²) in [7, 11) is 0. The Morgan fingerprint density at radius 3 is 2.82 bits per heavy atom. The molecular formula is C16H23N5O. The van der Waals surface area contributed by atoms with Gasteiger partial charge in [0.25, 0.3) is 0 Å². The average Bonchev–Trinajstić information content (AvgIpc) is 2.91. The van der Waals surface area contributed by atoms with E-state index in [4.69, 9.17) is 0 Å². The molecule has 3 rings (SSSR count). The smallest absolute Gasteiger partial charge is 0.317 e. The van der Waals surface area contributed by atoms with E-state index in [2.05, 4.69) is 45.3 Å². The number of benzene rings is 1. The Balaban J connectivity index is 1.63. The third-order valence-corrected chi connectivity index (χ3v) is 4.04. The molecule has 2 N–H and O–H groups in total. The molecule has 2 amide bonds. The minimum Gasteiger partial charge on any atom is -0.368 e. The van der Waals surface area contributed by atoms with Gasteiger partial charge < -0.3 is 20.1 Å². The number of aromatic nitrogens is 2. The van der Waals surface area contributed by atoms with Gasteiger partial charge in [0.1, 0.15) is 5.82 Å². The quantitative estimate of drug-likeness (QED) is 0.912. The molecule has 1 aromatic heterocycles. The highest BCUT2D eigenvalue weighted by Gasteiger charge is 2.21. The van der Waals surface area contributed by atoms with Crippen LogP contribution >= 0.6 is 0 Å². The van der Waals surface area contributed by atoms with Crippen LogP contribution < -0.4 is 10.2 Å². The fourth-order valence-corrected chi connectivity index (χ4v) is 2.83. The Morgan fingerprint density at radius 1 is 1.32 bits per heavy atom. The first-order valence-corrected chi connectivity index (χ1v) is 7.91. The first kappa shape index (κ1) is 14.7. The van der Waals surface area contributed by atoms with Crippen molar-refractivity contribution in [2.45, 2.75) is 20.3 Å². The molecule has 0 atom stereocenters. The van der Waals surface area contributed by atoms with Crippen molar-refractivity contribution in [2.75, 3.05) is 37.6 Å². The lowest BCUT2D eigenvalue weighted by atomic mass is 10.2. The number of carbonyl (C=O) groups is 1. The van der Waals surface area contributed by atoms with E-state index in [0.717, 1.165) is 56.0 Å². The van der Waals surface area contributed by atoms with Crippen LogP contribution in [-0.4, -0.2) is 53.6 Å². The van der Waals surface area contributed by atoms with Crippen LogP contribution in [0, 0.1) is 6.92 Å². The number of anilines is 1. The molecule has 1 aliphatic rings. The highest BCUT2D eigenvalue weighted by molar-refractivity contribution is 5.80. The van der Waals surface area contributed by atoms with Crippen molar-refractivity contribution in [2.24, 2.45) is 0 Å². The summed E-state index contributed by atoms with van der Waals surface area (Å²) in [4.78, 5) is 23.9. The molecule has 0 unspecified atom stereocenters. The molecule has 2 aromatic rings. The number of nitrogens with one attached hydrogen (secondary N) is 2. The van der Waals surface area contributed by atoms with Gasteiger partial charge in [-0.25, -0.2) is 9.78 Å². The summed E-state index contributed by atoms with van der Waals surface area (Å²) in [5, 5.41) is 2.94. The SMILES string of the molecule is CCCNC(=O)N1CCN(c2ccc3nc(C)[nH]c3c2)CC1. The zero-order chi connectivity index (χ0) is 15.5. The molecule has 0 spiro atoms. The van der Waals surface area contributed by atoms with Gasteiger partial charge in [0.15, 0.2) is 0 Å². The lowest BCUT2D eigenvalue weighted by Gasteiger charge is -2.36. The Kier molecular flexibility index (Phi) is 4.18. The predicted octanol–water partition coefficient (Wildman–Crippen LogP) is 2.11. The second-order valence-corrected chi connectivity index (χ2v) is 5.73. The highest BCUT2D eigenvalue weighted by atomic mass is 16.2. The summed E-state index contributed by atoms with van der Waals surface area (Å²) in [6.07, 6.45) is 0.968. The highest BCUT2D eigenvalue weighted by Crippen LogP contribution is 2.21. The molecule has 1 aromatic carbocycles. The summed E-state index contributed by atoms with van der Waals surface area (Å²) < 4.78 is 0. The van der Waals surface area contributed by atoms with Crippen LogP contribution in [0.4, 0.5) is 10.5 Å². The molecule has 118 valence electrons. The summed E-state index contributed by atoms with van der Waals surface area (Å²) in [6, 6.07) is 6.35. The van der Waals surface area contributed by atoms with Crippen molar-refractivity contribution in [3.63, 3.8) is 0 Å². The lowest BCUT2D eigenvalue weighted by molar-refractivity contribution is 0.194. The van der Waals surface area contributed by atoms with E-state index in [9.17, 15) is 4.79 Å². The second kappa shape index (κ2) is 6.25. The van der Waals surface area contributed by atoms with Crippen LogP contribution in [0.3, 0.4) is 0 Å². The van der Waals surface area contributed by atoms with Crippen molar-refractivity contribution >= 4 is 22.8 Å². The molecule has 2 heterocycles. The number of hydrogen-bond acceptors (Lipinski definition) is 3. The third-order valence-electron chi connectivity index (χ3n) is 4.04. The zero-order valence-corrected chi connectivity index (χ0v) is 13.2. The number of nitrogens with zero attached hydrogens (tertiary/aromatic N) is 3. The first-order chi connectivity index (χ1) is 10.7. The molecule has 1 aliphatic heterocycles. The summed E-state index contributed by atoms with van der Waals surface area (Å²) in [5.41, 5.74) is 3.25. The molecule has 6 nitrogen and oxygen atoms in total. The molecule has 0 aliphatic carbocycles. The fraction of sp³-hybridized carbons (Fsp3) is 0.500. The number of aryl methyl sites for hydroxylation is 1. The third kappa shape index (κ3) is 3.00. The zero-order valence-electron chi connectivity index (χ0n) is 13.2. The normalized spacial score (nSPS) is 15.4. The Hall–Kier alpha value is -2.24. The van der Waals surface area contributed by atoms with Crippen molar-refractivity contribution in [3.05, 3.63) is 24.0 Å². The fourth-order valence-electron chi connectivity index (χ4n) is 2.83. The number of imidazole rings is 1. The number of rotatable bonds is 3. The van der Waals surface area contributed by atoms with E-state index < -0.39 is 0 Å². The number of H-pyrrole nitrogens is 1. The van der Waals surface area contributed by atoms with E-state index in [-0.39, 0.29) is 6.03 Å². The van der Waals surface area contributed by atoms with Crippen molar-refractivity contribution < 1.29 is 4.79 Å². The predicted molar refractivity (Wildman–Crippen MR) is 88.3 cm³/mol. The molecule has 0 saturated carbocycles. The number of fused-ring (bicyclic) bond motifs is 1. The van der Waals surface area contributed by atoms with Gasteiger partial charge in [-0.2, -0.15) is 0 Å². The van der Waals surface area contributed by atoms with Gasteiger partial charge in [-0.05, 0) is 31.5 Å². The minimum atomic E-state index is 0.0566. The molecule has 0 bridgehead atoms. The minimum absolute atomic E-state index is 0.0566. The van der Waals surface area contributed by atoms with Crippen LogP contribution in [0.5, 0.6) is 0 Å². The Labute approximate surface area is 130 Å². The lowest BCUT2D eigenvalue weighted by Crippen LogP contribution is -2.52. The van der Waals surface area contributed by atoms with Gasteiger partial charge in [0.05, 0.1) is 11.0 Å². The van der Waals surface area contributed by atoms with Crippen LogP contribution in [0.25, 0.3) is 11.0 Å². The maximum Gasteiger partial charge on any atom is 0.317 e. The number of amides is 2. The molecular weight excluding hydrogens is 278 g/mol. The summed E-state index contributed by atoms with van der Waals surface area (Å²) >= 11 is 0. The van der Waals surface area contributed by atoms with E-state index in [1.165, 1.54) is 5.69 Å². The van der Waals surface area contributed by atoms with Gasteiger partial charge in [-0.15, -0.1) is 0 Å². The Morgan fingerprint density at radius 2 is 2.09 bits per heavy atom. The van der Waals surface area contributed by atoms with Gasteiger partial charge in [-0.3, -0.25) is 0 Å². The van der Waals surface area contributed by atoms with Gasteiger partial charge >= 0.3 is 6.03 Å². The maximum absolute atomic E-state index is 12.0. The van der Waals surface area contributed by atoms with E-state index in [1.54, 1.807) is 0 Å². The molecule has 0 radical (unpaired) electrons. The molecule has 1 fully saturated rings. The van der Waals surface area contributed by atoms with Crippen LogP contribution in [0.2, 0.25) is 0 Å². The first-order valence-electron chi connectivity index (χ1n) is 7.91. The number of piperazine rings is 1. The van der Waals surface area contributed by atoms with Crippen molar-refractivity contribution in [3.8, 4) is 0 Å². The topological polar surface area (TPSA) is 64.3 Å². The standard InChI is InChI=1S/C16H23N5O/c1-3-6-17-16(22)21-9-7-20(8-10-21)13-4-5-14-15(11-13)19-12(2)18-14/h4-5,11H,3,6-10H2,1-2H3,(H,17,22)(H,18,19). The number of aromatic amines is 1. The van der Waals surface area contributed by atoms with Crippen molar-refractivity contribution in [1.82, 2.24) is 20.2 Å². The van der Waals surface area contributed by atoms with E-state index in [0.29, 0.717) is 0 Å². The molecule has 6 heteroatoms.